The van der Waals surface area contributed by atoms with Crippen molar-refractivity contribution in [2.45, 2.75) is 34.9 Å². The summed E-state index contributed by atoms with van der Waals surface area (Å²) in [4.78, 5) is 17.6. The van der Waals surface area contributed by atoms with Crippen molar-refractivity contribution in [3.05, 3.63) is 66.4 Å². The zero-order chi connectivity index (χ0) is 18.9. The molecule has 4 nitrogen and oxygen atoms in total. The van der Waals surface area contributed by atoms with Crippen molar-refractivity contribution in [1.82, 2.24) is 8.10 Å². The average Bonchev–Trinajstić information content (AvgIpc) is 3.37. The normalized spacial score (nSPS) is 16.2. The molecule has 1 aliphatic rings. The number of aliphatic hydroxyl groups is 1. The van der Waals surface area contributed by atoms with E-state index >= 15 is 0 Å². The van der Waals surface area contributed by atoms with Gasteiger partial charge in [0.1, 0.15) is 4.75 Å². The summed E-state index contributed by atoms with van der Waals surface area (Å²) in [6.45, 7) is -0.0553. The lowest BCUT2D eigenvalue weighted by molar-refractivity contribution is -0.127. The van der Waals surface area contributed by atoms with Crippen molar-refractivity contribution < 1.29 is 9.90 Å². The number of hydrogen-bond acceptors (Lipinski definition) is 3. The Bertz CT molecular complexity index is 940. The molecule has 0 saturated heterocycles. The molecule has 4 rings (SSSR count). The second kappa shape index (κ2) is 7.85. The van der Waals surface area contributed by atoms with Gasteiger partial charge < -0.3 is 10.1 Å². The number of amides is 1. The number of aliphatic hydroxyl groups excluding tert-OH is 1. The number of H-pyrrole nitrogens is 1. The number of nitrogens with one attached hydrogen (secondary N) is 1. The summed E-state index contributed by atoms with van der Waals surface area (Å²) in [7, 11) is 0. The molecular formula is C21H21IN2O2S. The first-order valence-electron chi connectivity index (χ1n) is 9.02. The van der Waals surface area contributed by atoms with Crippen LogP contribution in [0.3, 0.4) is 0 Å². The van der Waals surface area contributed by atoms with Gasteiger partial charge in [-0.05, 0) is 43.0 Å². The fraction of sp³-hybridized carbons (Fsp3) is 0.286. The molecule has 0 spiro atoms. The van der Waals surface area contributed by atoms with Gasteiger partial charge in [0.05, 0.1) is 35.5 Å². The van der Waals surface area contributed by atoms with Crippen molar-refractivity contribution in [1.29, 1.82) is 0 Å². The van der Waals surface area contributed by atoms with Crippen LogP contribution < -0.4 is 0 Å². The highest BCUT2D eigenvalue weighted by Gasteiger charge is 2.53. The third-order valence-corrected chi connectivity index (χ3v) is 7.71. The lowest BCUT2D eigenvalue weighted by Gasteiger charge is -2.28. The van der Waals surface area contributed by atoms with Gasteiger partial charge in [0.25, 0.3) is 0 Å². The molecular weight excluding hydrogens is 471 g/mol. The van der Waals surface area contributed by atoms with Gasteiger partial charge in [-0.2, -0.15) is 0 Å². The monoisotopic (exact) mass is 492 g/mol. The first-order chi connectivity index (χ1) is 13.1. The third-order valence-electron chi connectivity index (χ3n) is 5.01. The van der Waals surface area contributed by atoms with Gasteiger partial charge in [-0.3, -0.25) is 7.91 Å². The van der Waals surface area contributed by atoms with E-state index in [2.05, 4.69) is 33.9 Å². The van der Waals surface area contributed by atoms with Gasteiger partial charge in [0.2, 0.25) is 5.91 Å². The number of aromatic amines is 1. The van der Waals surface area contributed by atoms with Crippen LogP contribution in [0.25, 0.3) is 10.9 Å². The van der Waals surface area contributed by atoms with Crippen LogP contribution in [-0.4, -0.2) is 36.5 Å². The van der Waals surface area contributed by atoms with E-state index in [4.69, 9.17) is 0 Å². The molecule has 0 bridgehead atoms. The Morgan fingerprint density at radius 3 is 2.59 bits per heavy atom. The first kappa shape index (κ1) is 18.8. The number of carbonyl (C=O) groups is 1. The molecule has 0 aliphatic heterocycles. The number of aromatic nitrogens is 1. The molecule has 1 atom stereocenters. The van der Waals surface area contributed by atoms with Crippen LogP contribution in [0.1, 0.15) is 18.4 Å². The topological polar surface area (TPSA) is 56.3 Å². The molecule has 27 heavy (non-hydrogen) atoms. The lowest BCUT2D eigenvalue weighted by Crippen LogP contribution is -2.42. The van der Waals surface area contributed by atoms with E-state index in [0.29, 0.717) is 6.42 Å². The Balaban J connectivity index is 1.50. The van der Waals surface area contributed by atoms with Crippen LogP contribution in [0.5, 0.6) is 0 Å². The Labute approximate surface area is 176 Å². The van der Waals surface area contributed by atoms with Crippen molar-refractivity contribution in [2.75, 3.05) is 6.61 Å². The van der Waals surface area contributed by atoms with Gasteiger partial charge in [0.15, 0.2) is 0 Å². The van der Waals surface area contributed by atoms with Gasteiger partial charge in [-0.15, -0.1) is 11.8 Å². The molecule has 1 saturated carbocycles. The van der Waals surface area contributed by atoms with Crippen LogP contribution in [0.4, 0.5) is 0 Å². The van der Waals surface area contributed by atoms with Gasteiger partial charge in [-0.25, -0.2) is 0 Å². The second-order valence-corrected chi connectivity index (χ2v) is 9.42. The molecule has 1 fully saturated rings. The van der Waals surface area contributed by atoms with Crippen molar-refractivity contribution in [3.63, 3.8) is 0 Å². The number of fused-ring (bicyclic) bond motifs is 1. The summed E-state index contributed by atoms with van der Waals surface area (Å²) in [5, 5.41) is 11.1. The van der Waals surface area contributed by atoms with Crippen LogP contribution >= 0.6 is 34.6 Å². The Morgan fingerprint density at radius 2 is 1.89 bits per heavy atom. The predicted octanol–water partition coefficient (Wildman–Crippen LogP) is 4.57. The van der Waals surface area contributed by atoms with E-state index in [-0.39, 0.29) is 23.3 Å². The number of carbonyl (C=O) groups excluding carboxylic acids is 1. The number of benzene rings is 2. The second-order valence-electron chi connectivity index (χ2n) is 6.93. The Hall–Kier alpha value is -1.51. The molecule has 1 aliphatic carbocycles. The van der Waals surface area contributed by atoms with Gasteiger partial charge >= 0.3 is 0 Å². The first-order valence-corrected chi connectivity index (χ1v) is 10.8. The van der Waals surface area contributed by atoms with Gasteiger partial charge in [-0.1, -0.05) is 36.4 Å². The van der Waals surface area contributed by atoms with Crippen LogP contribution in [0.2, 0.25) is 0 Å². The predicted molar refractivity (Wildman–Crippen MR) is 118 cm³/mol. The maximum Gasteiger partial charge on any atom is 0.248 e. The van der Waals surface area contributed by atoms with Crippen LogP contribution in [0.15, 0.2) is 65.7 Å². The molecule has 2 aromatic carbocycles. The summed E-state index contributed by atoms with van der Waals surface area (Å²) >= 11 is 3.73. The maximum atomic E-state index is 13.2. The smallest absolute Gasteiger partial charge is 0.248 e. The molecule has 2 N–H and O–H groups in total. The largest absolute Gasteiger partial charge is 0.394 e. The fourth-order valence-electron chi connectivity index (χ4n) is 3.32. The molecule has 6 heteroatoms. The van der Waals surface area contributed by atoms with Crippen LogP contribution in [0, 0.1) is 0 Å². The number of hydrogen-bond donors (Lipinski definition) is 2. The highest BCUT2D eigenvalue weighted by atomic mass is 127. The highest BCUT2D eigenvalue weighted by molar-refractivity contribution is 14.1. The lowest BCUT2D eigenvalue weighted by atomic mass is 10.1. The zero-order valence-electron chi connectivity index (χ0n) is 14.8. The number of para-hydroxylation sites is 1. The van der Waals surface area contributed by atoms with E-state index in [1.165, 1.54) is 0 Å². The summed E-state index contributed by atoms with van der Waals surface area (Å²) in [6.07, 6.45) is 4.38. The minimum atomic E-state index is -0.379. The third kappa shape index (κ3) is 3.88. The summed E-state index contributed by atoms with van der Waals surface area (Å²) in [5.41, 5.74) is 2.20. The van der Waals surface area contributed by atoms with E-state index in [1.807, 2.05) is 54.7 Å². The van der Waals surface area contributed by atoms with E-state index in [0.717, 1.165) is 34.2 Å². The fourth-order valence-corrected chi connectivity index (χ4v) is 5.55. The van der Waals surface area contributed by atoms with Crippen molar-refractivity contribution in [2.24, 2.45) is 0 Å². The average molecular weight is 492 g/mol. The minimum Gasteiger partial charge on any atom is -0.394 e. The molecule has 140 valence electrons. The number of rotatable bonds is 7. The highest BCUT2D eigenvalue weighted by Crippen LogP contribution is 2.53. The summed E-state index contributed by atoms with van der Waals surface area (Å²) < 4.78 is 1.35. The van der Waals surface area contributed by atoms with Crippen molar-refractivity contribution >= 4 is 51.4 Å². The van der Waals surface area contributed by atoms with E-state index < -0.39 is 0 Å². The minimum absolute atomic E-state index is 0.0553. The summed E-state index contributed by atoms with van der Waals surface area (Å²) in [5.74, 6) is 0.107. The Morgan fingerprint density at radius 1 is 1.19 bits per heavy atom. The number of nitrogens with zero attached hydrogens (tertiary/aromatic N) is 1. The SMILES string of the molecule is O=C(N(I)[C@H](CO)Cc1c[nH]c2ccccc12)C1(Sc2ccccc2)CC1. The van der Waals surface area contributed by atoms with E-state index in [9.17, 15) is 9.90 Å². The number of halogens is 1. The molecule has 1 heterocycles. The summed E-state index contributed by atoms with van der Waals surface area (Å²) in [6, 6.07) is 17.9. The van der Waals surface area contributed by atoms with Crippen LogP contribution in [-0.2, 0) is 11.2 Å². The zero-order valence-corrected chi connectivity index (χ0v) is 17.7. The van der Waals surface area contributed by atoms with Crippen molar-refractivity contribution in [3.8, 4) is 0 Å². The van der Waals surface area contributed by atoms with E-state index in [1.54, 1.807) is 14.9 Å². The maximum absolute atomic E-state index is 13.2. The molecule has 3 aromatic rings. The molecule has 1 amide bonds. The molecule has 0 radical (unpaired) electrons. The molecule has 1 aromatic heterocycles. The van der Waals surface area contributed by atoms with Gasteiger partial charge in [0, 0.05) is 22.0 Å². The molecule has 0 unspecified atom stereocenters. The standard InChI is InChI=1S/C21H21IN2O2S/c22-24(20(26)21(10-11-21)27-17-6-2-1-3-7-17)16(14-25)12-15-13-23-19-9-5-4-8-18(15)19/h1-9,13,16,23,25H,10-12,14H2/t16-/m0/s1. The quantitative estimate of drug-likeness (QED) is 0.375. The number of thioether (sulfide) groups is 1. The Kier molecular flexibility index (Phi) is 5.48.